The Morgan fingerprint density at radius 3 is 2.67 bits per heavy atom. The lowest BCUT2D eigenvalue weighted by atomic mass is 10.1. The fraction of sp³-hybridized carbons (Fsp3) is 0.462. The SMILES string of the molecule is COCC(Br)CCNC(=O)c1ccc(Br)cc1C(F)(F)F. The molecule has 1 unspecified atom stereocenters. The van der Waals surface area contributed by atoms with E-state index in [0.717, 1.165) is 12.1 Å². The van der Waals surface area contributed by atoms with Crippen molar-refractivity contribution in [2.24, 2.45) is 0 Å². The standard InChI is InChI=1S/C13H14Br2F3NO2/c1-21-7-9(15)4-5-19-12(20)10-3-2-8(14)6-11(10)13(16,17)18/h2-3,6,9H,4-5,7H2,1H3,(H,19,20). The molecule has 1 N–H and O–H groups in total. The quantitative estimate of drug-likeness (QED) is 0.690. The average molecular weight is 433 g/mol. The summed E-state index contributed by atoms with van der Waals surface area (Å²) >= 11 is 6.31. The molecule has 0 saturated heterocycles. The second-order valence-corrected chi connectivity index (χ2v) is 6.50. The van der Waals surface area contributed by atoms with Crippen molar-refractivity contribution in [1.29, 1.82) is 0 Å². The molecule has 0 bridgehead atoms. The first-order chi connectivity index (χ1) is 9.75. The van der Waals surface area contributed by atoms with Gasteiger partial charge in [0.05, 0.1) is 17.7 Å². The first-order valence-corrected chi connectivity index (χ1v) is 7.74. The Balaban J connectivity index is 2.75. The minimum Gasteiger partial charge on any atom is -0.384 e. The molecule has 118 valence electrons. The molecule has 0 spiro atoms. The molecule has 0 heterocycles. The molecular formula is C13H14Br2F3NO2. The van der Waals surface area contributed by atoms with Crippen LogP contribution in [0, 0.1) is 0 Å². The Labute approximate surface area is 137 Å². The molecule has 0 saturated carbocycles. The smallest absolute Gasteiger partial charge is 0.384 e. The zero-order valence-corrected chi connectivity index (χ0v) is 14.3. The fourth-order valence-corrected chi connectivity index (χ4v) is 2.51. The van der Waals surface area contributed by atoms with E-state index in [2.05, 4.69) is 37.2 Å². The number of hydrogen-bond acceptors (Lipinski definition) is 2. The largest absolute Gasteiger partial charge is 0.417 e. The highest BCUT2D eigenvalue weighted by Gasteiger charge is 2.35. The van der Waals surface area contributed by atoms with Crippen molar-refractivity contribution >= 4 is 37.8 Å². The van der Waals surface area contributed by atoms with Crippen LogP contribution >= 0.6 is 31.9 Å². The number of amides is 1. The predicted octanol–water partition coefficient (Wildman–Crippen LogP) is 4.00. The van der Waals surface area contributed by atoms with Gasteiger partial charge in [-0.15, -0.1) is 0 Å². The predicted molar refractivity (Wildman–Crippen MR) is 80.7 cm³/mol. The zero-order chi connectivity index (χ0) is 16.0. The van der Waals surface area contributed by atoms with E-state index in [4.69, 9.17) is 4.74 Å². The van der Waals surface area contributed by atoms with Gasteiger partial charge in [0.1, 0.15) is 0 Å². The third-order valence-corrected chi connectivity index (χ3v) is 3.84. The van der Waals surface area contributed by atoms with Crippen LogP contribution in [-0.4, -0.2) is 31.0 Å². The summed E-state index contributed by atoms with van der Waals surface area (Å²) in [5.74, 6) is -0.744. The minimum absolute atomic E-state index is 0.0369. The molecule has 0 aliphatic carbocycles. The topological polar surface area (TPSA) is 38.3 Å². The van der Waals surface area contributed by atoms with Crippen LogP contribution in [0.1, 0.15) is 22.3 Å². The zero-order valence-electron chi connectivity index (χ0n) is 11.1. The highest BCUT2D eigenvalue weighted by Crippen LogP contribution is 2.33. The second kappa shape index (κ2) is 8.14. The number of ether oxygens (including phenoxy) is 1. The van der Waals surface area contributed by atoms with Gasteiger partial charge >= 0.3 is 6.18 Å². The fourth-order valence-electron chi connectivity index (χ4n) is 1.65. The Kier molecular flexibility index (Phi) is 7.15. The molecule has 3 nitrogen and oxygen atoms in total. The maximum absolute atomic E-state index is 12.9. The molecule has 0 aliphatic heterocycles. The van der Waals surface area contributed by atoms with E-state index in [1.807, 2.05) is 0 Å². The van der Waals surface area contributed by atoms with Gasteiger partial charge in [-0.1, -0.05) is 31.9 Å². The monoisotopic (exact) mass is 431 g/mol. The van der Waals surface area contributed by atoms with Crippen LogP contribution in [-0.2, 0) is 10.9 Å². The third-order valence-electron chi connectivity index (χ3n) is 2.62. The number of carbonyl (C=O) groups excluding carboxylic acids is 1. The summed E-state index contributed by atoms with van der Waals surface area (Å²) in [5, 5.41) is 2.48. The number of methoxy groups -OCH3 is 1. The lowest BCUT2D eigenvalue weighted by molar-refractivity contribution is -0.138. The maximum Gasteiger partial charge on any atom is 0.417 e. The van der Waals surface area contributed by atoms with Crippen LogP contribution in [0.15, 0.2) is 22.7 Å². The Hall–Kier alpha value is -0.600. The number of alkyl halides is 4. The van der Waals surface area contributed by atoms with Crippen LogP contribution in [0.25, 0.3) is 0 Å². The van der Waals surface area contributed by atoms with Crippen LogP contribution in [0.3, 0.4) is 0 Å². The number of benzene rings is 1. The second-order valence-electron chi connectivity index (χ2n) is 4.28. The summed E-state index contributed by atoms with van der Waals surface area (Å²) in [6.07, 6.45) is -4.03. The molecule has 1 rings (SSSR count). The maximum atomic E-state index is 12.9. The van der Waals surface area contributed by atoms with Gasteiger partial charge in [-0.3, -0.25) is 4.79 Å². The van der Waals surface area contributed by atoms with Crippen molar-refractivity contribution in [2.75, 3.05) is 20.3 Å². The Morgan fingerprint density at radius 2 is 2.10 bits per heavy atom. The molecule has 0 radical (unpaired) electrons. The highest BCUT2D eigenvalue weighted by atomic mass is 79.9. The van der Waals surface area contributed by atoms with E-state index in [1.165, 1.54) is 6.07 Å². The summed E-state index contributed by atoms with van der Waals surface area (Å²) < 4.78 is 43.9. The van der Waals surface area contributed by atoms with Crippen molar-refractivity contribution in [3.05, 3.63) is 33.8 Å². The normalized spacial score (nSPS) is 13.0. The molecule has 8 heteroatoms. The van der Waals surface area contributed by atoms with Gasteiger partial charge in [-0.05, 0) is 24.6 Å². The molecule has 1 aromatic rings. The van der Waals surface area contributed by atoms with Gasteiger partial charge in [0.15, 0.2) is 0 Å². The van der Waals surface area contributed by atoms with Gasteiger partial charge in [0, 0.05) is 23.0 Å². The minimum atomic E-state index is -4.58. The lowest BCUT2D eigenvalue weighted by Gasteiger charge is -2.14. The van der Waals surface area contributed by atoms with Crippen LogP contribution < -0.4 is 5.32 Å². The lowest BCUT2D eigenvalue weighted by Crippen LogP contribution is -2.29. The summed E-state index contributed by atoms with van der Waals surface area (Å²) in [5.41, 5.74) is -1.34. The molecule has 0 aromatic heterocycles. The van der Waals surface area contributed by atoms with Crippen LogP contribution in [0.4, 0.5) is 13.2 Å². The van der Waals surface area contributed by atoms with Crippen molar-refractivity contribution in [1.82, 2.24) is 5.32 Å². The van der Waals surface area contributed by atoms with Crippen molar-refractivity contribution in [2.45, 2.75) is 17.4 Å². The molecule has 1 aromatic carbocycles. The van der Waals surface area contributed by atoms with Crippen LogP contribution in [0.5, 0.6) is 0 Å². The molecule has 0 aliphatic rings. The summed E-state index contributed by atoms with van der Waals surface area (Å²) in [7, 11) is 1.55. The Bertz CT molecular complexity index is 495. The van der Waals surface area contributed by atoms with Crippen molar-refractivity contribution in [3.63, 3.8) is 0 Å². The number of halogens is 5. The Morgan fingerprint density at radius 1 is 1.43 bits per heavy atom. The molecule has 1 atom stereocenters. The van der Waals surface area contributed by atoms with E-state index < -0.39 is 17.6 Å². The highest BCUT2D eigenvalue weighted by molar-refractivity contribution is 9.10. The van der Waals surface area contributed by atoms with Crippen molar-refractivity contribution < 1.29 is 22.7 Å². The molecule has 0 fully saturated rings. The summed E-state index contributed by atoms with van der Waals surface area (Å²) in [4.78, 5) is 11.9. The van der Waals surface area contributed by atoms with Gasteiger partial charge in [-0.2, -0.15) is 13.2 Å². The van der Waals surface area contributed by atoms with Gasteiger partial charge in [0.2, 0.25) is 0 Å². The van der Waals surface area contributed by atoms with E-state index in [0.29, 0.717) is 13.0 Å². The van der Waals surface area contributed by atoms with Gasteiger partial charge in [0.25, 0.3) is 5.91 Å². The first-order valence-electron chi connectivity index (χ1n) is 6.03. The number of nitrogens with one attached hydrogen (secondary N) is 1. The number of rotatable bonds is 6. The molecule has 1 amide bonds. The van der Waals surface area contributed by atoms with Gasteiger partial charge < -0.3 is 10.1 Å². The third kappa shape index (κ3) is 5.96. The van der Waals surface area contributed by atoms with Crippen molar-refractivity contribution in [3.8, 4) is 0 Å². The number of carbonyl (C=O) groups is 1. The van der Waals surface area contributed by atoms with E-state index in [9.17, 15) is 18.0 Å². The average Bonchev–Trinajstić information content (AvgIpc) is 2.37. The van der Waals surface area contributed by atoms with Gasteiger partial charge in [-0.25, -0.2) is 0 Å². The van der Waals surface area contributed by atoms with E-state index in [-0.39, 0.29) is 21.4 Å². The summed E-state index contributed by atoms with van der Waals surface area (Å²) in [6.45, 7) is 0.716. The molecule has 21 heavy (non-hydrogen) atoms. The van der Waals surface area contributed by atoms with Crippen LogP contribution in [0.2, 0.25) is 0 Å². The first kappa shape index (κ1) is 18.4. The van der Waals surface area contributed by atoms with E-state index in [1.54, 1.807) is 7.11 Å². The summed E-state index contributed by atoms with van der Waals surface area (Å²) in [6, 6.07) is 3.46. The van der Waals surface area contributed by atoms with E-state index >= 15 is 0 Å². The molecular weight excluding hydrogens is 419 g/mol. The number of hydrogen-bond donors (Lipinski definition) is 1.